The Hall–Kier alpha value is -2.20. The van der Waals surface area contributed by atoms with Crippen LogP contribution in [0.4, 0.5) is 11.4 Å². The van der Waals surface area contributed by atoms with Crippen molar-refractivity contribution in [3.63, 3.8) is 0 Å². The van der Waals surface area contributed by atoms with Crippen LogP contribution in [-0.2, 0) is 14.8 Å². The van der Waals surface area contributed by atoms with E-state index < -0.39 is 27.4 Å². The number of nitro benzene ring substituents is 1. The van der Waals surface area contributed by atoms with Gasteiger partial charge in [0.15, 0.2) is 0 Å². The summed E-state index contributed by atoms with van der Waals surface area (Å²) in [5.74, 6) is -0.648. The number of hydrogen-bond donors (Lipinski definition) is 1. The van der Waals surface area contributed by atoms with Crippen LogP contribution in [0.3, 0.4) is 0 Å². The maximum absolute atomic E-state index is 12.5. The summed E-state index contributed by atoms with van der Waals surface area (Å²) in [5.41, 5.74) is -0.125. The van der Waals surface area contributed by atoms with E-state index in [1.807, 2.05) is 0 Å². The number of nitrogens with one attached hydrogen (secondary N) is 1. The Bertz CT molecular complexity index is 966. The lowest BCUT2D eigenvalue weighted by Crippen LogP contribution is -2.35. The van der Waals surface area contributed by atoms with Gasteiger partial charge in [0.25, 0.3) is 5.69 Å². The van der Waals surface area contributed by atoms with E-state index in [1.54, 1.807) is 12.1 Å². The maximum Gasteiger partial charge on any atom is 0.270 e. The summed E-state index contributed by atoms with van der Waals surface area (Å²) in [6.45, 7) is -0.520. The highest BCUT2D eigenvalue weighted by atomic mass is 35.5. The second-order valence-electron chi connectivity index (χ2n) is 5.17. The van der Waals surface area contributed by atoms with Crippen molar-refractivity contribution in [3.05, 3.63) is 62.6 Å². The summed E-state index contributed by atoms with van der Waals surface area (Å²) in [6.07, 6.45) is 0. The summed E-state index contributed by atoms with van der Waals surface area (Å²) in [4.78, 5) is 21.9. The van der Waals surface area contributed by atoms with Gasteiger partial charge in [-0.2, -0.15) is 4.31 Å². The second kappa shape index (κ2) is 8.00. The Morgan fingerprint density at radius 1 is 1.23 bits per heavy atom. The summed E-state index contributed by atoms with van der Waals surface area (Å²) < 4.78 is 25.8. The molecule has 0 bridgehead atoms. The fourth-order valence-electron chi connectivity index (χ4n) is 2.01. The van der Waals surface area contributed by atoms with Crippen LogP contribution in [0, 0.1) is 10.1 Å². The largest absolute Gasteiger partial charge is 0.324 e. The summed E-state index contributed by atoms with van der Waals surface area (Å²) in [5, 5.41) is 13.6. The molecule has 8 nitrogen and oxygen atoms in total. The molecule has 0 saturated heterocycles. The van der Waals surface area contributed by atoms with Crippen molar-refractivity contribution < 1.29 is 18.1 Å². The van der Waals surface area contributed by atoms with E-state index in [-0.39, 0.29) is 26.3 Å². The highest BCUT2D eigenvalue weighted by molar-refractivity contribution is 7.89. The van der Waals surface area contributed by atoms with E-state index in [0.29, 0.717) is 0 Å². The van der Waals surface area contributed by atoms with Gasteiger partial charge in [-0.3, -0.25) is 14.9 Å². The summed E-state index contributed by atoms with van der Waals surface area (Å²) >= 11 is 11.8. The van der Waals surface area contributed by atoms with Gasteiger partial charge in [-0.05, 0) is 18.2 Å². The molecule has 0 fully saturated rings. The number of amides is 1. The molecule has 11 heteroatoms. The molecule has 0 unspecified atom stereocenters. The van der Waals surface area contributed by atoms with E-state index in [1.165, 1.54) is 31.3 Å². The molecule has 0 heterocycles. The number of rotatable bonds is 6. The number of anilines is 1. The number of non-ortho nitro benzene ring substituents is 1. The number of halogens is 2. The van der Waals surface area contributed by atoms with E-state index in [0.717, 1.165) is 10.4 Å². The normalized spacial score (nSPS) is 11.4. The van der Waals surface area contributed by atoms with Crippen LogP contribution in [-0.4, -0.2) is 37.1 Å². The fourth-order valence-corrected chi connectivity index (χ4v) is 3.53. The van der Waals surface area contributed by atoms with Crippen LogP contribution < -0.4 is 5.32 Å². The molecule has 0 radical (unpaired) electrons. The van der Waals surface area contributed by atoms with Crippen LogP contribution >= 0.6 is 23.2 Å². The molecule has 0 aliphatic heterocycles. The molecule has 2 aromatic rings. The van der Waals surface area contributed by atoms with Crippen LogP contribution in [0.1, 0.15) is 0 Å². The van der Waals surface area contributed by atoms with Crippen LogP contribution in [0.25, 0.3) is 0 Å². The number of nitro groups is 1. The lowest BCUT2D eigenvalue weighted by Gasteiger charge is -2.17. The number of carbonyl (C=O) groups is 1. The van der Waals surface area contributed by atoms with Gasteiger partial charge in [-0.25, -0.2) is 8.42 Å². The zero-order valence-corrected chi connectivity index (χ0v) is 15.7. The third-order valence-electron chi connectivity index (χ3n) is 3.33. The van der Waals surface area contributed by atoms with Gasteiger partial charge in [0.05, 0.1) is 32.1 Å². The summed E-state index contributed by atoms with van der Waals surface area (Å²) in [6, 6.07) is 9.20. The van der Waals surface area contributed by atoms with Gasteiger partial charge >= 0.3 is 0 Å². The molecule has 2 rings (SSSR count). The van der Waals surface area contributed by atoms with Gasteiger partial charge in [0.1, 0.15) is 0 Å². The van der Waals surface area contributed by atoms with E-state index in [9.17, 15) is 23.3 Å². The van der Waals surface area contributed by atoms with Crippen molar-refractivity contribution in [1.29, 1.82) is 0 Å². The number of carbonyl (C=O) groups excluding carboxylic acids is 1. The lowest BCUT2D eigenvalue weighted by molar-refractivity contribution is -0.385. The molecule has 0 aliphatic carbocycles. The van der Waals surface area contributed by atoms with E-state index in [2.05, 4.69) is 5.32 Å². The van der Waals surface area contributed by atoms with Crippen LogP contribution in [0.2, 0.25) is 10.0 Å². The third kappa shape index (κ3) is 4.50. The molecule has 138 valence electrons. The molecule has 1 N–H and O–H groups in total. The molecule has 1 amide bonds. The predicted molar refractivity (Wildman–Crippen MR) is 98.0 cm³/mol. The first-order valence-corrected chi connectivity index (χ1v) is 9.27. The van der Waals surface area contributed by atoms with Gasteiger partial charge in [0, 0.05) is 19.2 Å². The average molecular weight is 418 g/mol. The number of hydrogen-bond acceptors (Lipinski definition) is 5. The molecule has 26 heavy (non-hydrogen) atoms. The molecule has 0 atom stereocenters. The maximum atomic E-state index is 12.5. The van der Waals surface area contributed by atoms with Crippen LogP contribution in [0.5, 0.6) is 0 Å². The molecular formula is C15H13Cl2N3O5S. The summed E-state index contributed by atoms with van der Waals surface area (Å²) in [7, 11) is -2.90. The monoisotopic (exact) mass is 417 g/mol. The average Bonchev–Trinajstić information content (AvgIpc) is 2.59. The van der Waals surface area contributed by atoms with Gasteiger partial charge in [-0.1, -0.05) is 35.3 Å². The number of benzene rings is 2. The standard InChI is InChI=1S/C15H13Cl2N3O5S/c1-19(9-14(21)18-13-7-3-6-12(16)15(13)17)26(24,25)11-5-2-4-10(8-11)20(22)23/h2-8H,9H2,1H3,(H,18,21). The minimum Gasteiger partial charge on any atom is -0.324 e. The second-order valence-corrected chi connectivity index (χ2v) is 8.00. The van der Waals surface area contributed by atoms with Crippen molar-refractivity contribution in [3.8, 4) is 0 Å². The minimum absolute atomic E-state index is 0.131. The van der Waals surface area contributed by atoms with Gasteiger partial charge in [0.2, 0.25) is 15.9 Å². The lowest BCUT2D eigenvalue weighted by atomic mass is 10.3. The van der Waals surface area contributed by atoms with Crippen molar-refractivity contribution in [2.24, 2.45) is 0 Å². The zero-order chi connectivity index (χ0) is 19.5. The fraction of sp³-hybridized carbons (Fsp3) is 0.133. The highest BCUT2D eigenvalue weighted by Crippen LogP contribution is 2.29. The van der Waals surface area contributed by atoms with Crippen LogP contribution in [0.15, 0.2) is 47.4 Å². The van der Waals surface area contributed by atoms with Crippen molar-refractivity contribution >= 4 is 50.5 Å². The molecule has 0 saturated carbocycles. The Labute approximate surface area is 159 Å². The number of sulfonamides is 1. The molecule has 0 aromatic heterocycles. The third-order valence-corrected chi connectivity index (χ3v) is 5.95. The Morgan fingerprint density at radius 2 is 1.88 bits per heavy atom. The quantitative estimate of drug-likeness (QED) is 0.573. The number of likely N-dealkylation sites (N-methyl/N-ethyl adjacent to an activating group) is 1. The SMILES string of the molecule is CN(CC(=O)Nc1cccc(Cl)c1Cl)S(=O)(=O)c1cccc([N+](=O)[O-])c1. The van der Waals surface area contributed by atoms with E-state index >= 15 is 0 Å². The van der Waals surface area contributed by atoms with Crippen molar-refractivity contribution in [1.82, 2.24) is 4.31 Å². The van der Waals surface area contributed by atoms with E-state index in [4.69, 9.17) is 23.2 Å². The first-order valence-electron chi connectivity index (χ1n) is 7.07. The van der Waals surface area contributed by atoms with Crippen molar-refractivity contribution in [2.75, 3.05) is 18.9 Å². The smallest absolute Gasteiger partial charge is 0.270 e. The van der Waals surface area contributed by atoms with Gasteiger partial charge in [-0.15, -0.1) is 0 Å². The molecule has 2 aromatic carbocycles. The highest BCUT2D eigenvalue weighted by Gasteiger charge is 2.25. The first-order chi connectivity index (χ1) is 12.1. The van der Waals surface area contributed by atoms with Crippen molar-refractivity contribution in [2.45, 2.75) is 4.90 Å². The molecule has 0 aliphatic rings. The predicted octanol–water partition coefficient (Wildman–Crippen LogP) is 3.16. The zero-order valence-electron chi connectivity index (χ0n) is 13.3. The van der Waals surface area contributed by atoms with Gasteiger partial charge < -0.3 is 5.32 Å². The Balaban J connectivity index is 2.16. The molecular weight excluding hydrogens is 405 g/mol. The Morgan fingerprint density at radius 3 is 2.54 bits per heavy atom. The molecule has 0 spiro atoms. The topological polar surface area (TPSA) is 110 Å². The minimum atomic E-state index is -4.09. The Kier molecular flexibility index (Phi) is 6.19. The number of nitrogens with zero attached hydrogens (tertiary/aromatic N) is 2. The first kappa shape index (κ1) is 20.1.